The van der Waals surface area contributed by atoms with Gasteiger partial charge in [0.05, 0.1) is 5.02 Å². The summed E-state index contributed by atoms with van der Waals surface area (Å²) < 4.78 is 15.2. The fraction of sp³-hybridized carbons (Fsp3) is 0. The molecule has 2 N–H and O–H groups in total. The Labute approximate surface area is 132 Å². The van der Waals surface area contributed by atoms with E-state index in [4.69, 9.17) is 17.3 Å². The fourth-order valence-electron chi connectivity index (χ4n) is 1.94. The quantitative estimate of drug-likeness (QED) is 0.703. The van der Waals surface area contributed by atoms with E-state index < -0.39 is 5.82 Å². The van der Waals surface area contributed by atoms with E-state index >= 15 is 0 Å². The van der Waals surface area contributed by atoms with Gasteiger partial charge in [-0.3, -0.25) is 0 Å². The second-order valence-electron chi connectivity index (χ2n) is 4.22. The highest BCUT2D eigenvalue weighted by atomic mass is 79.9. The number of nitrogen functional groups attached to an aromatic ring is 1. The van der Waals surface area contributed by atoms with Crippen LogP contribution in [-0.4, -0.2) is 20.2 Å². The third-order valence-electron chi connectivity index (χ3n) is 2.86. The van der Waals surface area contributed by atoms with Crippen LogP contribution in [0.15, 0.2) is 40.9 Å². The molecule has 0 saturated carbocycles. The molecule has 0 atom stereocenters. The average Bonchev–Trinajstić information content (AvgIpc) is 2.87. The Balaban J connectivity index is 2.24. The van der Waals surface area contributed by atoms with Gasteiger partial charge in [0.15, 0.2) is 5.82 Å². The van der Waals surface area contributed by atoms with Crippen molar-refractivity contribution in [3.05, 3.63) is 51.7 Å². The number of halogens is 3. The second kappa shape index (κ2) is 5.42. The minimum absolute atomic E-state index is 0.185. The molecule has 0 aliphatic carbocycles. The third-order valence-corrected chi connectivity index (χ3v) is 3.76. The maximum absolute atomic E-state index is 13.3. The molecule has 0 fully saturated rings. The van der Waals surface area contributed by atoms with Crippen LogP contribution in [0, 0.1) is 5.82 Å². The zero-order chi connectivity index (χ0) is 15.0. The van der Waals surface area contributed by atoms with Crippen molar-refractivity contribution in [2.45, 2.75) is 0 Å². The summed E-state index contributed by atoms with van der Waals surface area (Å²) in [6, 6.07) is 9.67. The van der Waals surface area contributed by atoms with Crippen LogP contribution in [0.3, 0.4) is 0 Å². The van der Waals surface area contributed by atoms with E-state index in [-0.39, 0.29) is 5.02 Å². The van der Waals surface area contributed by atoms with Gasteiger partial charge in [-0.05, 0) is 50.6 Å². The number of anilines is 1. The van der Waals surface area contributed by atoms with Gasteiger partial charge in [0.1, 0.15) is 11.5 Å². The van der Waals surface area contributed by atoms with Gasteiger partial charge in [-0.1, -0.05) is 23.7 Å². The Bertz CT molecular complexity index is 797. The topological polar surface area (TPSA) is 69.6 Å². The van der Waals surface area contributed by atoms with Crippen molar-refractivity contribution in [1.82, 2.24) is 20.2 Å². The first-order valence-electron chi connectivity index (χ1n) is 5.86. The summed E-state index contributed by atoms with van der Waals surface area (Å²) in [6.07, 6.45) is 0. The van der Waals surface area contributed by atoms with Crippen molar-refractivity contribution >= 4 is 33.2 Å². The zero-order valence-electron chi connectivity index (χ0n) is 10.5. The third kappa shape index (κ3) is 2.50. The lowest BCUT2D eigenvalue weighted by Crippen LogP contribution is -2.03. The molecule has 3 aromatic rings. The van der Waals surface area contributed by atoms with E-state index in [2.05, 4.69) is 31.5 Å². The summed E-state index contributed by atoms with van der Waals surface area (Å²) in [6.45, 7) is 0. The Morgan fingerprint density at radius 3 is 2.71 bits per heavy atom. The van der Waals surface area contributed by atoms with Gasteiger partial charge in [-0.15, -0.1) is 5.10 Å². The minimum atomic E-state index is -0.454. The van der Waals surface area contributed by atoms with Crippen LogP contribution in [-0.2, 0) is 0 Å². The molecule has 8 heteroatoms. The van der Waals surface area contributed by atoms with Crippen molar-refractivity contribution < 1.29 is 4.39 Å². The number of aromatic nitrogens is 4. The predicted octanol–water partition coefficient (Wildman–Crippen LogP) is 3.47. The smallest absolute Gasteiger partial charge is 0.189 e. The van der Waals surface area contributed by atoms with E-state index in [1.54, 1.807) is 12.1 Å². The summed E-state index contributed by atoms with van der Waals surface area (Å²) in [5.74, 6) is -0.0354. The second-order valence-corrected chi connectivity index (χ2v) is 5.48. The van der Waals surface area contributed by atoms with Gasteiger partial charge < -0.3 is 5.73 Å². The molecule has 3 rings (SSSR count). The summed E-state index contributed by atoms with van der Waals surface area (Å²) in [5, 5.41) is 11.7. The molecule has 0 aliphatic rings. The molecule has 106 valence electrons. The highest BCUT2D eigenvalue weighted by Crippen LogP contribution is 2.33. The number of hydrogen-bond acceptors (Lipinski definition) is 4. The highest BCUT2D eigenvalue weighted by Gasteiger charge is 2.18. The number of para-hydroxylation sites is 1. The lowest BCUT2D eigenvalue weighted by molar-refractivity contribution is 0.626. The Morgan fingerprint density at radius 1 is 1.24 bits per heavy atom. The van der Waals surface area contributed by atoms with E-state index in [9.17, 15) is 4.39 Å². The van der Waals surface area contributed by atoms with Gasteiger partial charge in [-0.25, -0.2) is 4.39 Å². The molecule has 2 aromatic carbocycles. The number of rotatable bonds is 2. The van der Waals surface area contributed by atoms with E-state index in [0.29, 0.717) is 27.2 Å². The normalized spacial score (nSPS) is 10.8. The number of hydrogen-bond donors (Lipinski definition) is 1. The molecular weight excluding hydrogens is 361 g/mol. The molecule has 0 amide bonds. The standard InChI is InChI=1S/C13H8BrClFN5/c14-9-5-7(16)6-10(15)12(9)21-13(18-19-20-21)8-3-1-2-4-11(8)17/h1-6H,17H2. The molecule has 0 radical (unpaired) electrons. The number of tetrazole rings is 1. The van der Waals surface area contributed by atoms with E-state index in [0.717, 1.165) is 0 Å². The van der Waals surface area contributed by atoms with Gasteiger partial charge in [-0.2, -0.15) is 4.68 Å². The lowest BCUT2D eigenvalue weighted by Gasteiger charge is -2.10. The van der Waals surface area contributed by atoms with Crippen molar-refractivity contribution in [1.29, 1.82) is 0 Å². The van der Waals surface area contributed by atoms with Crippen LogP contribution in [0.25, 0.3) is 17.1 Å². The first kappa shape index (κ1) is 14.0. The van der Waals surface area contributed by atoms with Crippen LogP contribution in [0.1, 0.15) is 0 Å². The molecule has 0 unspecified atom stereocenters. The largest absolute Gasteiger partial charge is 0.398 e. The fourth-order valence-corrected chi connectivity index (χ4v) is 2.94. The Morgan fingerprint density at radius 2 is 2.00 bits per heavy atom. The maximum atomic E-state index is 13.3. The molecule has 21 heavy (non-hydrogen) atoms. The van der Waals surface area contributed by atoms with Crippen LogP contribution in [0.5, 0.6) is 0 Å². The van der Waals surface area contributed by atoms with Gasteiger partial charge in [0, 0.05) is 15.7 Å². The van der Waals surface area contributed by atoms with Crippen LogP contribution in [0.2, 0.25) is 5.02 Å². The van der Waals surface area contributed by atoms with E-state index in [1.165, 1.54) is 16.8 Å². The lowest BCUT2D eigenvalue weighted by atomic mass is 10.1. The summed E-state index contributed by atoms with van der Waals surface area (Å²) in [4.78, 5) is 0. The Kier molecular flexibility index (Phi) is 3.60. The van der Waals surface area contributed by atoms with Gasteiger partial charge in [0.25, 0.3) is 0 Å². The molecule has 0 saturated heterocycles. The number of benzene rings is 2. The van der Waals surface area contributed by atoms with Crippen molar-refractivity contribution in [3.63, 3.8) is 0 Å². The molecule has 1 aromatic heterocycles. The summed E-state index contributed by atoms with van der Waals surface area (Å²) >= 11 is 9.38. The van der Waals surface area contributed by atoms with Crippen LogP contribution in [0.4, 0.5) is 10.1 Å². The average molecular weight is 369 g/mol. The first-order valence-corrected chi connectivity index (χ1v) is 7.03. The molecule has 0 bridgehead atoms. The van der Waals surface area contributed by atoms with Crippen LogP contribution < -0.4 is 5.73 Å². The Hall–Kier alpha value is -1.99. The van der Waals surface area contributed by atoms with Gasteiger partial charge >= 0.3 is 0 Å². The zero-order valence-corrected chi connectivity index (χ0v) is 12.8. The summed E-state index contributed by atoms with van der Waals surface area (Å²) in [5.41, 5.74) is 7.58. The van der Waals surface area contributed by atoms with Crippen molar-refractivity contribution in [2.75, 3.05) is 5.73 Å². The minimum Gasteiger partial charge on any atom is -0.398 e. The molecule has 1 heterocycles. The number of nitrogens with zero attached hydrogens (tertiary/aromatic N) is 4. The number of nitrogens with two attached hydrogens (primary N) is 1. The van der Waals surface area contributed by atoms with E-state index in [1.807, 2.05) is 12.1 Å². The molecule has 0 spiro atoms. The SMILES string of the molecule is Nc1ccccc1-c1nnnn1-c1c(Cl)cc(F)cc1Br. The monoisotopic (exact) mass is 367 g/mol. The molecular formula is C13H8BrClFN5. The summed E-state index contributed by atoms with van der Waals surface area (Å²) in [7, 11) is 0. The highest BCUT2D eigenvalue weighted by molar-refractivity contribution is 9.10. The van der Waals surface area contributed by atoms with Crippen molar-refractivity contribution in [3.8, 4) is 17.1 Å². The van der Waals surface area contributed by atoms with Crippen LogP contribution >= 0.6 is 27.5 Å². The van der Waals surface area contributed by atoms with Crippen molar-refractivity contribution in [2.24, 2.45) is 0 Å². The van der Waals surface area contributed by atoms with Gasteiger partial charge in [0.2, 0.25) is 0 Å². The predicted molar refractivity (Wildman–Crippen MR) is 81.7 cm³/mol. The maximum Gasteiger partial charge on any atom is 0.189 e. The molecule has 0 aliphatic heterocycles. The first-order chi connectivity index (χ1) is 10.1. The molecule has 5 nitrogen and oxygen atoms in total.